The molecule has 0 saturated heterocycles. The van der Waals surface area contributed by atoms with Crippen molar-refractivity contribution in [1.29, 1.82) is 0 Å². The first-order chi connectivity index (χ1) is 15.2. The number of aromatic nitrogens is 4. The Morgan fingerprint density at radius 1 is 0.935 bits per heavy atom. The van der Waals surface area contributed by atoms with E-state index < -0.39 is 0 Å². The third-order valence-corrected chi connectivity index (χ3v) is 5.65. The zero-order valence-electron chi connectivity index (χ0n) is 17.4. The summed E-state index contributed by atoms with van der Waals surface area (Å²) in [5.74, 6) is 0.874. The number of rotatable bonds is 10. The average Bonchev–Trinajstić information content (AvgIpc) is 3.24. The SMILES string of the molecule is CC(OCCc1ccc(OCc2ccc(CCI)cc2)cc1)n1cnc2cncnc21. The molecule has 2 aromatic heterocycles. The molecule has 160 valence electrons. The standard InChI is InChI=1S/C24H25IN4O2/c1-18(29-17-28-23-14-26-16-27-24(23)29)30-13-11-20-6-8-22(9-7-20)31-15-21-4-2-19(3-5-21)10-12-25/h2-9,14,16-18H,10-13,15H2,1H3. The number of hydrogen-bond donors (Lipinski definition) is 0. The van der Waals surface area contributed by atoms with E-state index in [1.807, 2.05) is 23.6 Å². The Morgan fingerprint density at radius 3 is 2.42 bits per heavy atom. The molecule has 0 amide bonds. The minimum absolute atomic E-state index is 0.147. The third-order valence-electron chi connectivity index (χ3n) is 5.11. The maximum atomic E-state index is 5.99. The van der Waals surface area contributed by atoms with Gasteiger partial charge in [0.25, 0.3) is 0 Å². The van der Waals surface area contributed by atoms with Crippen LogP contribution in [0.3, 0.4) is 0 Å². The molecule has 2 heterocycles. The Hall–Kier alpha value is -2.52. The molecule has 0 aliphatic carbocycles. The fourth-order valence-corrected chi connectivity index (χ4v) is 3.93. The lowest BCUT2D eigenvalue weighted by Crippen LogP contribution is -2.11. The van der Waals surface area contributed by atoms with E-state index in [0.29, 0.717) is 13.2 Å². The van der Waals surface area contributed by atoms with E-state index in [-0.39, 0.29) is 6.23 Å². The van der Waals surface area contributed by atoms with E-state index in [0.717, 1.165) is 34.2 Å². The highest BCUT2D eigenvalue weighted by atomic mass is 127. The lowest BCUT2D eigenvalue weighted by molar-refractivity contribution is 0.0205. The van der Waals surface area contributed by atoms with Crippen LogP contribution in [0.1, 0.15) is 29.8 Å². The number of imidazole rings is 1. The largest absolute Gasteiger partial charge is 0.489 e. The normalized spacial score (nSPS) is 12.2. The molecule has 0 fully saturated rings. The molecule has 0 aliphatic heterocycles. The van der Waals surface area contributed by atoms with Crippen LogP contribution in [0.5, 0.6) is 5.75 Å². The van der Waals surface area contributed by atoms with Gasteiger partial charge in [0.15, 0.2) is 5.65 Å². The summed E-state index contributed by atoms with van der Waals surface area (Å²) in [6.45, 7) is 3.18. The van der Waals surface area contributed by atoms with E-state index in [4.69, 9.17) is 9.47 Å². The summed E-state index contributed by atoms with van der Waals surface area (Å²) < 4.78 is 15.0. The zero-order valence-corrected chi connectivity index (χ0v) is 19.6. The van der Waals surface area contributed by atoms with Gasteiger partial charge in [-0.25, -0.2) is 15.0 Å². The molecule has 2 aromatic carbocycles. The Morgan fingerprint density at radius 2 is 1.65 bits per heavy atom. The van der Waals surface area contributed by atoms with Gasteiger partial charge in [0.1, 0.15) is 30.4 Å². The van der Waals surface area contributed by atoms with Gasteiger partial charge in [-0.1, -0.05) is 59.0 Å². The summed E-state index contributed by atoms with van der Waals surface area (Å²) >= 11 is 2.40. The highest BCUT2D eigenvalue weighted by Gasteiger charge is 2.10. The van der Waals surface area contributed by atoms with E-state index in [2.05, 4.69) is 73.9 Å². The minimum Gasteiger partial charge on any atom is -0.489 e. The second-order valence-electron chi connectivity index (χ2n) is 7.29. The predicted octanol–water partition coefficient (Wildman–Crippen LogP) is 5.16. The maximum absolute atomic E-state index is 5.99. The van der Waals surface area contributed by atoms with Gasteiger partial charge in [0.2, 0.25) is 0 Å². The van der Waals surface area contributed by atoms with Gasteiger partial charge in [-0.05, 0) is 48.6 Å². The van der Waals surface area contributed by atoms with Crippen molar-refractivity contribution in [1.82, 2.24) is 19.5 Å². The fraction of sp³-hybridized carbons (Fsp3) is 0.292. The van der Waals surface area contributed by atoms with Crippen LogP contribution >= 0.6 is 22.6 Å². The Labute approximate surface area is 195 Å². The number of benzene rings is 2. The molecular weight excluding hydrogens is 503 g/mol. The van der Waals surface area contributed by atoms with Crippen LogP contribution in [-0.2, 0) is 24.2 Å². The highest BCUT2D eigenvalue weighted by molar-refractivity contribution is 14.1. The molecule has 0 saturated carbocycles. The molecule has 0 radical (unpaired) electrons. The number of halogens is 1. The third kappa shape index (κ3) is 5.80. The van der Waals surface area contributed by atoms with Gasteiger partial charge in [-0.15, -0.1) is 0 Å². The Balaban J connectivity index is 1.24. The molecule has 31 heavy (non-hydrogen) atoms. The van der Waals surface area contributed by atoms with Crippen LogP contribution in [0.4, 0.5) is 0 Å². The molecule has 0 spiro atoms. The van der Waals surface area contributed by atoms with Crippen LogP contribution in [0.25, 0.3) is 11.2 Å². The van der Waals surface area contributed by atoms with Crippen molar-refractivity contribution in [2.24, 2.45) is 0 Å². The number of nitrogens with zero attached hydrogens (tertiary/aromatic N) is 4. The van der Waals surface area contributed by atoms with Gasteiger partial charge in [-0.3, -0.25) is 4.57 Å². The molecule has 7 heteroatoms. The van der Waals surface area contributed by atoms with Crippen molar-refractivity contribution in [3.8, 4) is 5.75 Å². The van der Waals surface area contributed by atoms with Crippen molar-refractivity contribution in [2.45, 2.75) is 32.6 Å². The number of hydrogen-bond acceptors (Lipinski definition) is 5. The summed E-state index contributed by atoms with van der Waals surface area (Å²) in [5.41, 5.74) is 5.31. The van der Waals surface area contributed by atoms with E-state index >= 15 is 0 Å². The molecule has 1 unspecified atom stereocenters. The van der Waals surface area contributed by atoms with Crippen LogP contribution in [-0.4, -0.2) is 30.6 Å². The Kier molecular flexibility index (Phi) is 7.48. The smallest absolute Gasteiger partial charge is 0.165 e. The second-order valence-corrected chi connectivity index (χ2v) is 8.37. The zero-order chi connectivity index (χ0) is 21.5. The van der Waals surface area contributed by atoms with Crippen molar-refractivity contribution < 1.29 is 9.47 Å². The van der Waals surface area contributed by atoms with Crippen LogP contribution in [0.2, 0.25) is 0 Å². The summed E-state index contributed by atoms with van der Waals surface area (Å²) in [6.07, 6.45) is 6.76. The molecule has 1 atom stereocenters. The predicted molar refractivity (Wildman–Crippen MR) is 129 cm³/mol. The number of fused-ring (bicyclic) bond motifs is 1. The Bertz CT molecular complexity index is 1100. The number of aryl methyl sites for hydroxylation is 1. The van der Waals surface area contributed by atoms with Crippen LogP contribution < -0.4 is 4.74 Å². The summed E-state index contributed by atoms with van der Waals surface area (Å²) in [5, 5.41) is 0. The minimum atomic E-state index is -0.147. The van der Waals surface area contributed by atoms with Gasteiger partial charge < -0.3 is 9.47 Å². The quantitative estimate of drug-likeness (QED) is 0.210. The first-order valence-corrected chi connectivity index (χ1v) is 11.8. The molecule has 6 nitrogen and oxygen atoms in total. The van der Waals surface area contributed by atoms with Gasteiger partial charge in [-0.2, -0.15) is 0 Å². The second kappa shape index (κ2) is 10.7. The highest BCUT2D eigenvalue weighted by Crippen LogP contribution is 2.18. The van der Waals surface area contributed by atoms with Gasteiger partial charge >= 0.3 is 0 Å². The summed E-state index contributed by atoms with van der Waals surface area (Å²) in [7, 11) is 0. The molecule has 0 bridgehead atoms. The summed E-state index contributed by atoms with van der Waals surface area (Å²) in [6, 6.07) is 16.9. The first-order valence-electron chi connectivity index (χ1n) is 10.3. The topological polar surface area (TPSA) is 62.1 Å². The average molecular weight is 528 g/mol. The fourth-order valence-electron chi connectivity index (χ4n) is 3.31. The van der Waals surface area contributed by atoms with Crippen molar-refractivity contribution in [3.63, 3.8) is 0 Å². The molecule has 0 N–H and O–H groups in total. The monoisotopic (exact) mass is 528 g/mol. The van der Waals surface area contributed by atoms with Gasteiger partial charge in [0.05, 0.1) is 19.1 Å². The van der Waals surface area contributed by atoms with Crippen molar-refractivity contribution in [3.05, 3.63) is 84.1 Å². The first kappa shape index (κ1) is 21.7. The van der Waals surface area contributed by atoms with Gasteiger partial charge in [0, 0.05) is 4.43 Å². The maximum Gasteiger partial charge on any atom is 0.165 e. The summed E-state index contributed by atoms with van der Waals surface area (Å²) in [4.78, 5) is 12.6. The van der Waals surface area contributed by atoms with E-state index in [1.165, 1.54) is 23.0 Å². The van der Waals surface area contributed by atoms with Crippen LogP contribution in [0, 0.1) is 0 Å². The molecular formula is C24H25IN4O2. The number of alkyl halides is 1. The lowest BCUT2D eigenvalue weighted by atomic mass is 10.1. The lowest BCUT2D eigenvalue weighted by Gasteiger charge is -2.15. The van der Waals surface area contributed by atoms with E-state index in [9.17, 15) is 0 Å². The molecule has 0 aliphatic rings. The van der Waals surface area contributed by atoms with E-state index in [1.54, 1.807) is 12.5 Å². The molecule has 4 rings (SSSR count). The van der Waals surface area contributed by atoms with Crippen LogP contribution in [0.15, 0.2) is 67.4 Å². The van der Waals surface area contributed by atoms with Crippen molar-refractivity contribution >= 4 is 33.8 Å². The van der Waals surface area contributed by atoms with Crippen molar-refractivity contribution in [2.75, 3.05) is 11.0 Å². The molecule has 4 aromatic rings. The number of ether oxygens (including phenoxy) is 2.